The minimum absolute atomic E-state index is 0.00352. The highest BCUT2D eigenvalue weighted by molar-refractivity contribution is 7.89. The lowest BCUT2D eigenvalue weighted by molar-refractivity contribution is 0.0682. The van der Waals surface area contributed by atoms with Gasteiger partial charge < -0.3 is 10.8 Å². The molecule has 0 unspecified atom stereocenters. The van der Waals surface area contributed by atoms with E-state index in [1.807, 2.05) is 0 Å². The van der Waals surface area contributed by atoms with Gasteiger partial charge in [0.15, 0.2) is 5.69 Å². The first-order valence-electron chi connectivity index (χ1n) is 8.43. The molecule has 152 valence electrons. The normalized spacial score (nSPS) is 12.6. The maximum atomic E-state index is 13.8. The number of carboxylic acids is 1. The highest BCUT2D eigenvalue weighted by atomic mass is 32.2. The summed E-state index contributed by atoms with van der Waals surface area (Å²) in [7, 11) is -0.661. The van der Waals surface area contributed by atoms with Crippen molar-refractivity contribution in [2.75, 3.05) is 20.6 Å². The standard InChI is InChI=1S/C18H23FN4O4S/c1-12-16(17(18(24)25)23(21-12)11-14(19)8-9-20)10-13-4-6-15(7-5-13)28(26,27)22(2)3/h4-8H,9-11,20H2,1-3H3,(H,24,25)/b14-8-. The number of nitrogens with two attached hydrogens (primary N) is 1. The molecule has 0 aliphatic heterocycles. The summed E-state index contributed by atoms with van der Waals surface area (Å²) in [6.45, 7) is 1.33. The maximum absolute atomic E-state index is 13.8. The average molecular weight is 410 g/mol. The molecule has 0 saturated carbocycles. The average Bonchev–Trinajstić information content (AvgIpc) is 2.90. The fourth-order valence-corrected chi connectivity index (χ4v) is 3.62. The summed E-state index contributed by atoms with van der Waals surface area (Å²) in [4.78, 5) is 11.9. The summed E-state index contributed by atoms with van der Waals surface area (Å²) in [5.74, 6) is -1.79. The number of rotatable bonds is 8. The maximum Gasteiger partial charge on any atom is 0.354 e. The third-order valence-corrected chi connectivity index (χ3v) is 6.01. The zero-order valence-corrected chi connectivity index (χ0v) is 16.7. The van der Waals surface area contributed by atoms with Crippen molar-refractivity contribution < 1.29 is 22.7 Å². The van der Waals surface area contributed by atoms with E-state index < -0.39 is 21.8 Å². The summed E-state index contributed by atoms with van der Waals surface area (Å²) in [5, 5.41) is 13.7. The van der Waals surface area contributed by atoms with E-state index in [-0.39, 0.29) is 30.1 Å². The van der Waals surface area contributed by atoms with Crippen LogP contribution >= 0.6 is 0 Å². The van der Waals surface area contributed by atoms with E-state index in [4.69, 9.17) is 5.73 Å². The number of carbonyl (C=O) groups is 1. The van der Waals surface area contributed by atoms with Crippen LogP contribution in [-0.2, 0) is 23.0 Å². The molecule has 0 amide bonds. The minimum atomic E-state index is -3.55. The van der Waals surface area contributed by atoms with Gasteiger partial charge in [-0.25, -0.2) is 21.9 Å². The van der Waals surface area contributed by atoms with Gasteiger partial charge >= 0.3 is 5.97 Å². The van der Waals surface area contributed by atoms with Crippen LogP contribution in [0.15, 0.2) is 41.1 Å². The summed E-state index contributed by atoms with van der Waals surface area (Å²) >= 11 is 0. The number of hydrogen-bond acceptors (Lipinski definition) is 5. The first kappa shape index (κ1) is 21.7. The van der Waals surface area contributed by atoms with Gasteiger partial charge in [0.25, 0.3) is 0 Å². The van der Waals surface area contributed by atoms with Crippen molar-refractivity contribution in [1.29, 1.82) is 0 Å². The number of nitrogens with zero attached hydrogens (tertiary/aromatic N) is 3. The molecule has 1 aromatic heterocycles. The van der Waals surface area contributed by atoms with Crippen LogP contribution in [0.1, 0.15) is 27.3 Å². The molecule has 2 aromatic rings. The number of aromatic nitrogens is 2. The lowest BCUT2D eigenvalue weighted by Crippen LogP contribution is -2.22. The van der Waals surface area contributed by atoms with Crippen LogP contribution in [0.2, 0.25) is 0 Å². The van der Waals surface area contributed by atoms with Gasteiger partial charge in [0.2, 0.25) is 10.0 Å². The molecule has 10 heteroatoms. The van der Waals surface area contributed by atoms with E-state index in [1.165, 1.54) is 26.2 Å². The Morgan fingerprint density at radius 2 is 1.93 bits per heavy atom. The Morgan fingerprint density at radius 3 is 2.43 bits per heavy atom. The van der Waals surface area contributed by atoms with Crippen molar-refractivity contribution in [2.45, 2.75) is 24.8 Å². The first-order valence-corrected chi connectivity index (χ1v) is 9.87. The Kier molecular flexibility index (Phi) is 6.70. The molecular formula is C18H23FN4O4S. The third kappa shape index (κ3) is 4.64. The number of halogens is 1. The number of aryl methyl sites for hydroxylation is 1. The number of sulfonamides is 1. The molecule has 1 heterocycles. The fraction of sp³-hybridized carbons (Fsp3) is 0.333. The van der Waals surface area contributed by atoms with E-state index in [1.54, 1.807) is 19.1 Å². The summed E-state index contributed by atoms with van der Waals surface area (Å²) in [5.41, 5.74) is 6.77. The quantitative estimate of drug-likeness (QED) is 0.681. The SMILES string of the molecule is Cc1nn(C/C(F)=C/CN)c(C(=O)O)c1Cc1ccc(S(=O)(=O)N(C)C)cc1. The predicted octanol–water partition coefficient (Wildman–Crippen LogP) is 1.54. The van der Waals surface area contributed by atoms with Crippen LogP contribution in [0.4, 0.5) is 4.39 Å². The smallest absolute Gasteiger partial charge is 0.354 e. The second-order valence-electron chi connectivity index (χ2n) is 6.37. The second-order valence-corrected chi connectivity index (χ2v) is 8.52. The molecule has 28 heavy (non-hydrogen) atoms. The van der Waals surface area contributed by atoms with Crippen molar-refractivity contribution in [3.63, 3.8) is 0 Å². The molecule has 0 radical (unpaired) electrons. The van der Waals surface area contributed by atoms with Crippen molar-refractivity contribution in [3.05, 3.63) is 58.7 Å². The number of carboxylic acid groups (broad SMARTS) is 1. The molecule has 0 atom stereocenters. The van der Waals surface area contributed by atoms with Crippen molar-refractivity contribution in [1.82, 2.24) is 14.1 Å². The van der Waals surface area contributed by atoms with E-state index in [2.05, 4.69) is 5.10 Å². The number of benzene rings is 1. The van der Waals surface area contributed by atoms with Gasteiger partial charge in [-0.3, -0.25) is 4.68 Å². The fourth-order valence-electron chi connectivity index (χ4n) is 2.71. The Hall–Kier alpha value is -2.56. The van der Waals surface area contributed by atoms with Crippen LogP contribution in [0, 0.1) is 6.92 Å². The van der Waals surface area contributed by atoms with E-state index in [0.717, 1.165) is 15.1 Å². The highest BCUT2D eigenvalue weighted by Crippen LogP contribution is 2.22. The van der Waals surface area contributed by atoms with Crippen LogP contribution in [-0.4, -0.2) is 54.2 Å². The van der Waals surface area contributed by atoms with Gasteiger partial charge in [0.05, 0.1) is 17.1 Å². The zero-order valence-electron chi connectivity index (χ0n) is 15.9. The Labute approximate surface area is 163 Å². The molecule has 2 rings (SSSR count). The van der Waals surface area contributed by atoms with Gasteiger partial charge in [0, 0.05) is 32.6 Å². The van der Waals surface area contributed by atoms with E-state index >= 15 is 0 Å². The van der Waals surface area contributed by atoms with Crippen LogP contribution in [0.3, 0.4) is 0 Å². The van der Waals surface area contributed by atoms with Crippen LogP contribution < -0.4 is 5.73 Å². The van der Waals surface area contributed by atoms with Crippen LogP contribution in [0.5, 0.6) is 0 Å². The number of allylic oxidation sites excluding steroid dienone is 1. The molecule has 1 aromatic carbocycles. The monoisotopic (exact) mass is 410 g/mol. The van der Waals surface area contributed by atoms with Gasteiger partial charge in [-0.15, -0.1) is 0 Å². The molecule has 0 saturated heterocycles. The molecule has 8 nitrogen and oxygen atoms in total. The molecular weight excluding hydrogens is 387 g/mol. The minimum Gasteiger partial charge on any atom is -0.477 e. The molecule has 0 bridgehead atoms. The third-order valence-electron chi connectivity index (χ3n) is 4.18. The van der Waals surface area contributed by atoms with Crippen LogP contribution in [0.25, 0.3) is 0 Å². The molecule has 0 spiro atoms. The van der Waals surface area contributed by atoms with Crippen molar-refractivity contribution in [2.24, 2.45) is 5.73 Å². The lowest BCUT2D eigenvalue weighted by atomic mass is 10.0. The summed E-state index contributed by atoms with van der Waals surface area (Å²) in [6, 6.07) is 6.17. The first-order chi connectivity index (χ1) is 13.1. The Morgan fingerprint density at radius 1 is 1.32 bits per heavy atom. The largest absolute Gasteiger partial charge is 0.477 e. The lowest BCUT2D eigenvalue weighted by Gasteiger charge is -2.11. The topological polar surface area (TPSA) is 119 Å². The second kappa shape index (κ2) is 8.63. The summed E-state index contributed by atoms with van der Waals surface area (Å²) in [6.07, 6.45) is 1.38. The molecule has 3 N–H and O–H groups in total. The van der Waals surface area contributed by atoms with Gasteiger partial charge in [-0.05, 0) is 30.7 Å². The number of hydrogen-bond donors (Lipinski definition) is 2. The van der Waals surface area contributed by atoms with Gasteiger partial charge in [0.1, 0.15) is 5.83 Å². The molecule has 0 aliphatic rings. The number of aromatic carboxylic acids is 1. The van der Waals surface area contributed by atoms with Crippen molar-refractivity contribution >= 4 is 16.0 Å². The Balaban J connectivity index is 2.37. The predicted molar refractivity (Wildman–Crippen MR) is 102 cm³/mol. The van der Waals surface area contributed by atoms with Gasteiger partial charge in [-0.2, -0.15) is 5.10 Å². The van der Waals surface area contributed by atoms with E-state index in [9.17, 15) is 22.7 Å². The Bertz CT molecular complexity index is 995. The highest BCUT2D eigenvalue weighted by Gasteiger charge is 2.22. The summed E-state index contributed by atoms with van der Waals surface area (Å²) < 4.78 is 40.3. The molecule has 0 fully saturated rings. The zero-order chi connectivity index (χ0) is 21.1. The molecule has 0 aliphatic carbocycles. The van der Waals surface area contributed by atoms with E-state index in [0.29, 0.717) is 16.8 Å². The van der Waals surface area contributed by atoms with Gasteiger partial charge in [-0.1, -0.05) is 12.1 Å². The van der Waals surface area contributed by atoms with Crippen molar-refractivity contribution in [3.8, 4) is 0 Å².